The molecule has 0 aliphatic heterocycles. The predicted octanol–water partition coefficient (Wildman–Crippen LogP) is 8.04. The number of ketones is 2. The van der Waals surface area contributed by atoms with E-state index in [1.165, 1.54) is 66.8 Å². The molecule has 0 aromatic heterocycles. The van der Waals surface area contributed by atoms with Gasteiger partial charge >= 0.3 is 0 Å². The Kier molecular flexibility index (Phi) is 8.60. The Hall–Kier alpha value is -3.78. The lowest BCUT2D eigenvalue weighted by molar-refractivity contribution is -0.118. The summed E-state index contributed by atoms with van der Waals surface area (Å²) in [6.45, 7) is 0. The highest BCUT2D eigenvalue weighted by atomic mass is 16.1. The van der Waals surface area contributed by atoms with Crippen LogP contribution < -0.4 is 0 Å². The van der Waals surface area contributed by atoms with Crippen LogP contribution in [0, 0.1) is 0 Å². The van der Waals surface area contributed by atoms with Gasteiger partial charge in [0.1, 0.15) is 11.6 Å². The molecule has 0 saturated heterocycles. The molecule has 2 heteroatoms. The van der Waals surface area contributed by atoms with Gasteiger partial charge < -0.3 is 0 Å². The third-order valence-electron chi connectivity index (χ3n) is 10.3. The number of hydrogen-bond donors (Lipinski definition) is 0. The van der Waals surface area contributed by atoms with Crippen molar-refractivity contribution >= 4 is 11.6 Å². The third-order valence-corrected chi connectivity index (χ3v) is 10.3. The number of benzene rings is 4. The molecule has 4 aromatic carbocycles. The van der Waals surface area contributed by atoms with Crippen LogP contribution in [-0.4, -0.2) is 11.6 Å². The Bertz CT molecular complexity index is 1420. The van der Waals surface area contributed by atoms with Gasteiger partial charge in [-0.25, -0.2) is 0 Å². The molecule has 4 aromatic rings. The molecule has 0 unspecified atom stereocenters. The molecule has 0 fully saturated rings. The summed E-state index contributed by atoms with van der Waals surface area (Å²) < 4.78 is 0. The van der Waals surface area contributed by atoms with Gasteiger partial charge in [-0.2, -0.15) is 0 Å². The lowest BCUT2D eigenvalue weighted by atomic mass is 9.83. The van der Waals surface area contributed by atoms with Crippen molar-refractivity contribution in [2.45, 2.75) is 103 Å². The van der Waals surface area contributed by atoms with Crippen LogP contribution in [0.25, 0.3) is 0 Å². The number of carbonyl (C=O) groups excluding carboxylic acids is 2. The smallest absolute Gasteiger partial charge is 0.141 e. The highest BCUT2D eigenvalue weighted by Crippen LogP contribution is 2.28. The minimum atomic E-state index is 0.310. The standard InChI is InChI=1S/C42H44O2/c43-41-25-37-22-34-10-2-6-30-15-13-29(14-16-30)5-1-9-33(37)21-38(34)26-42(44)28-40-24-35-11-3-7-31-17-19-32(20-18-31)8-4-12-36(40)23-39(35)27-41/h13-24H,1-12,25-28H2. The number of aryl methyl sites for hydroxylation is 8. The number of carbonyl (C=O) groups is 2. The fourth-order valence-electron chi connectivity index (χ4n) is 7.82. The maximum atomic E-state index is 13.9. The van der Waals surface area contributed by atoms with Crippen molar-refractivity contribution in [1.82, 2.24) is 0 Å². The molecule has 0 spiro atoms. The first-order valence-electron chi connectivity index (χ1n) is 17.0. The summed E-state index contributed by atoms with van der Waals surface area (Å²) in [5.74, 6) is 0.620. The maximum Gasteiger partial charge on any atom is 0.141 e. The van der Waals surface area contributed by atoms with E-state index >= 15 is 0 Å². The van der Waals surface area contributed by atoms with Crippen molar-refractivity contribution in [3.63, 3.8) is 0 Å². The minimum absolute atomic E-state index is 0.310. The summed E-state index contributed by atoms with van der Waals surface area (Å²) in [7, 11) is 0. The van der Waals surface area contributed by atoms with Crippen molar-refractivity contribution in [3.05, 3.63) is 140 Å². The summed E-state index contributed by atoms with van der Waals surface area (Å²) in [6.07, 6.45) is 14.0. The zero-order chi connectivity index (χ0) is 29.9. The van der Waals surface area contributed by atoms with E-state index in [9.17, 15) is 9.59 Å². The molecule has 12 bridgehead atoms. The fraction of sp³-hybridized carbons (Fsp3) is 0.381. The van der Waals surface area contributed by atoms with Gasteiger partial charge in [-0.15, -0.1) is 0 Å². The zero-order valence-electron chi connectivity index (χ0n) is 26.1. The predicted molar refractivity (Wildman–Crippen MR) is 179 cm³/mol. The number of Topliss-reactive ketones (excluding diaryl/α,β-unsaturated/α-hetero) is 2. The number of rotatable bonds is 0. The summed E-state index contributed by atoms with van der Waals surface area (Å²) in [5.41, 5.74) is 15.4. The molecule has 0 amide bonds. The molecular formula is C42H44O2. The Labute approximate surface area is 262 Å². The summed E-state index contributed by atoms with van der Waals surface area (Å²) >= 11 is 0. The quantitative estimate of drug-likeness (QED) is 0.211. The molecule has 16 rings (SSSR count). The molecule has 0 saturated carbocycles. The summed E-state index contributed by atoms with van der Waals surface area (Å²) in [4.78, 5) is 27.8. The average molecular weight is 581 g/mol. The SMILES string of the molecule is O=C1Cc2cc3c(cc2CCCc2ccc(cc2)CCC3)CC(=O)Cc2cc3c(cc2CCCc2ccc(cc2)CCC3)C1. The van der Waals surface area contributed by atoms with Gasteiger partial charge in [0.05, 0.1) is 0 Å². The van der Waals surface area contributed by atoms with Gasteiger partial charge in [-0.1, -0.05) is 72.8 Å². The van der Waals surface area contributed by atoms with E-state index < -0.39 is 0 Å². The van der Waals surface area contributed by atoms with Crippen molar-refractivity contribution in [2.75, 3.05) is 0 Å². The Balaban J connectivity index is 1.24. The molecule has 224 valence electrons. The van der Waals surface area contributed by atoms with Crippen LogP contribution in [0.2, 0.25) is 0 Å². The lowest BCUT2D eigenvalue weighted by Gasteiger charge is -2.21. The van der Waals surface area contributed by atoms with E-state index in [4.69, 9.17) is 0 Å². The van der Waals surface area contributed by atoms with E-state index in [1.54, 1.807) is 0 Å². The second kappa shape index (κ2) is 13.1. The van der Waals surface area contributed by atoms with Gasteiger partial charge in [0.2, 0.25) is 0 Å². The van der Waals surface area contributed by atoms with E-state index in [-0.39, 0.29) is 0 Å². The van der Waals surface area contributed by atoms with E-state index in [1.807, 2.05) is 0 Å². The normalized spacial score (nSPS) is 17.5. The van der Waals surface area contributed by atoms with Gasteiger partial charge in [0.15, 0.2) is 0 Å². The Morgan fingerprint density at radius 1 is 0.295 bits per heavy atom. The summed E-state index contributed by atoms with van der Waals surface area (Å²) in [6, 6.07) is 27.5. The highest BCUT2D eigenvalue weighted by Gasteiger charge is 2.21. The Morgan fingerprint density at radius 2 is 0.523 bits per heavy atom. The van der Waals surface area contributed by atoms with E-state index in [2.05, 4.69) is 72.8 Å². The molecule has 0 radical (unpaired) electrons. The van der Waals surface area contributed by atoms with Gasteiger partial charge in [0.25, 0.3) is 0 Å². The molecule has 12 aliphatic rings. The maximum absolute atomic E-state index is 13.9. The molecule has 12 aliphatic carbocycles. The van der Waals surface area contributed by atoms with Crippen molar-refractivity contribution in [3.8, 4) is 0 Å². The highest BCUT2D eigenvalue weighted by molar-refractivity contribution is 5.86. The topological polar surface area (TPSA) is 34.1 Å². The van der Waals surface area contributed by atoms with E-state index in [0.29, 0.717) is 37.2 Å². The number of hydrogen-bond acceptors (Lipinski definition) is 2. The third kappa shape index (κ3) is 6.80. The second-order valence-electron chi connectivity index (χ2n) is 13.6. The molecule has 0 N–H and O–H groups in total. The van der Waals surface area contributed by atoms with Crippen molar-refractivity contribution in [2.24, 2.45) is 0 Å². The zero-order valence-corrected chi connectivity index (χ0v) is 26.1. The molecule has 2 nitrogen and oxygen atoms in total. The minimum Gasteiger partial charge on any atom is -0.299 e. The average Bonchev–Trinajstić information content (AvgIpc) is 3.01. The van der Waals surface area contributed by atoms with Crippen molar-refractivity contribution < 1.29 is 9.59 Å². The van der Waals surface area contributed by atoms with Crippen LogP contribution in [0.1, 0.15) is 92.4 Å². The Morgan fingerprint density at radius 3 is 0.750 bits per heavy atom. The second-order valence-corrected chi connectivity index (χ2v) is 13.6. The first-order valence-corrected chi connectivity index (χ1v) is 17.0. The lowest BCUT2D eigenvalue weighted by Crippen LogP contribution is -2.17. The van der Waals surface area contributed by atoms with Gasteiger partial charge in [-0.05, 0) is 144 Å². The molecule has 44 heavy (non-hydrogen) atoms. The van der Waals surface area contributed by atoms with Crippen molar-refractivity contribution in [1.29, 1.82) is 0 Å². The molecule has 0 heterocycles. The van der Waals surface area contributed by atoms with Crippen LogP contribution in [0.3, 0.4) is 0 Å². The fourth-order valence-corrected chi connectivity index (χ4v) is 7.82. The largest absolute Gasteiger partial charge is 0.299 e. The molecular weight excluding hydrogens is 536 g/mol. The van der Waals surface area contributed by atoms with Crippen LogP contribution in [-0.2, 0) is 86.6 Å². The first kappa shape index (κ1) is 29.0. The first-order chi connectivity index (χ1) is 21.6. The summed E-state index contributed by atoms with van der Waals surface area (Å²) in [5, 5.41) is 0. The molecule has 0 atom stereocenters. The van der Waals surface area contributed by atoms with Crippen LogP contribution >= 0.6 is 0 Å². The van der Waals surface area contributed by atoms with Crippen LogP contribution in [0.4, 0.5) is 0 Å². The van der Waals surface area contributed by atoms with Gasteiger partial charge in [-0.3, -0.25) is 9.59 Å². The van der Waals surface area contributed by atoms with Crippen LogP contribution in [0.5, 0.6) is 0 Å². The monoisotopic (exact) mass is 580 g/mol. The van der Waals surface area contributed by atoms with Gasteiger partial charge in [0, 0.05) is 25.7 Å². The van der Waals surface area contributed by atoms with Crippen LogP contribution in [0.15, 0.2) is 72.8 Å². The van der Waals surface area contributed by atoms with E-state index in [0.717, 1.165) is 77.0 Å².